The normalized spacial score (nSPS) is 12.4. The van der Waals surface area contributed by atoms with Crippen molar-refractivity contribution < 1.29 is 15.0 Å². The largest absolute Gasteiger partial charge is 0.508 e. The van der Waals surface area contributed by atoms with Crippen LogP contribution in [0.2, 0.25) is 0 Å². The number of carbonyl (C=O) groups excluding carboxylic acids is 1. The lowest BCUT2D eigenvalue weighted by atomic mass is 10.1. The number of phenolic OH excluding ortho intramolecular Hbond substituents is 1. The summed E-state index contributed by atoms with van der Waals surface area (Å²) in [5.41, 5.74) is 5.39. The number of aliphatic hydroxyl groups is 1. The van der Waals surface area contributed by atoms with Crippen LogP contribution in [0.4, 0.5) is 0 Å². The van der Waals surface area contributed by atoms with Gasteiger partial charge in [-0.3, -0.25) is 4.79 Å². The molecule has 0 aliphatic carbocycles. The Morgan fingerprint density at radius 2 is 2.23 bits per heavy atom. The molecule has 1 aromatic rings. The van der Waals surface area contributed by atoms with Crippen LogP contribution in [0.1, 0.15) is 18.1 Å². The molecule has 0 fully saturated rings. The number of amides is 1. The maximum atomic E-state index is 10.5. The number of aromatic hydroxyl groups is 1. The van der Waals surface area contributed by atoms with Crippen LogP contribution in [-0.2, 0) is 4.79 Å². The van der Waals surface area contributed by atoms with Crippen molar-refractivity contribution in [1.82, 2.24) is 0 Å². The highest BCUT2D eigenvalue weighted by Crippen LogP contribution is 2.20. The summed E-state index contributed by atoms with van der Waals surface area (Å²) < 4.78 is 0. The van der Waals surface area contributed by atoms with E-state index in [-0.39, 0.29) is 12.2 Å². The van der Waals surface area contributed by atoms with Gasteiger partial charge >= 0.3 is 0 Å². The summed E-state index contributed by atoms with van der Waals surface area (Å²) in [6.45, 7) is 0. The lowest BCUT2D eigenvalue weighted by molar-refractivity contribution is -0.119. The monoisotopic (exact) mass is 181 g/mol. The van der Waals surface area contributed by atoms with Crippen molar-refractivity contribution in [2.75, 3.05) is 0 Å². The highest BCUT2D eigenvalue weighted by atomic mass is 16.3. The Balaban J connectivity index is 2.76. The van der Waals surface area contributed by atoms with E-state index in [4.69, 9.17) is 10.8 Å². The van der Waals surface area contributed by atoms with E-state index in [9.17, 15) is 9.90 Å². The number of hydrogen-bond acceptors (Lipinski definition) is 3. The van der Waals surface area contributed by atoms with Gasteiger partial charge in [-0.2, -0.15) is 0 Å². The summed E-state index contributed by atoms with van der Waals surface area (Å²) >= 11 is 0. The van der Waals surface area contributed by atoms with Gasteiger partial charge in [0.25, 0.3) is 0 Å². The van der Waals surface area contributed by atoms with Gasteiger partial charge in [-0.05, 0) is 17.7 Å². The fourth-order valence-electron chi connectivity index (χ4n) is 1.04. The van der Waals surface area contributed by atoms with Crippen molar-refractivity contribution in [1.29, 1.82) is 0 Å². The molecule has 1 aromatic carbocycles. The number of carbonyl (C=O) groups is 1. The predicted molar refractivity (Wildman–Crippen MR) is 46.9 cm³/mol. The molecule has 1 unspecified atom stereocenters. The highest BCUT2D eigenvalue weighted by molar-refractivity contribution is 5.74. The molecule has 1 amide bonds. The van der Waals surface area contributed by atoms with E-state index in [2.05, 4.69) is 0 Å². The number of aliphatic hydroxyl groups excluding tert-OH is 1. The molecule has 4 nitrogen and oxygen atoms in total. The molecule has 0 radical (unpaired) electrons. The first kappa shape index (κ1) is 9.54. The molecule has 70 valence electrons. The summed E-state index contributed by atoms with van der Waals surface area (Å²) in [5.74, 6) is -0.517. The molecule has 0 bridgehead atoms. The van der Waals surface area contributed by atoms with E-state index in [0.29, 0.717) is 5.56 Å². The summed E-state index contributed by atoms with van der Waals surface area (Å²) in [5, 5.41) is 18.5. The minimum atomic E-state index is -0.940. The second-order valence-corrected chi connectivity index (χ2v) is 2.78. The first-order valence-electron chi connectivity index (χ1n) is 3.85. The van der Waals surface area contributed by atoms with Gasteiger partial charge in [-0.1, -0.05) is 12.1 Å². The third kappa shape index (κ3) is 2.76. The molecule has 0 aliphatic rings. The number of primary amides is 1. The van der Waals surface area contributed by atoms with Gasteiger partial charge in [-0.15, -0.1) is 0 Å². The van der Waals surface area contributed by atoms with Crippen molar-refractivity contribution >= 4 is 5.91 Å². The number of nitrogens with two attached hydrogens (primary N) is 1. The van der Waals surface area contributed by atoms with Crippen molar-refractivity contribution in [3.8, 4) is 5.75 Å². The Morgan fingerprint density at radius 1 is 1.54 bits per heavy atom. The Hall–Kier alpha value is -1.55. The molecule has 0 saturated carbocycles. The van der Waals surface area contributed by atoms with Gasteiger partial charge < -0.3 is 15.9 Å². The van der Waals surface area contributed by atoms with Crippen LogP contribution in [0.15, 0.2) is 24.3 Å². The molecule has 1 rings (SSSR count). The number of rotatable bonds is 3. The fourth-order valence-corrected chi connectivity index (χ4v) is 1.04. The average molecular weight is 181 g/mol. The molecule has 1 atom stereocenters. The molecule has 4 N–H and O–H groups in total. The molecule has 4 heteroatoms. The van der Waals surface area contributed by atoms with Gasteiger partial charge in [0.1, 0.15) is 5.75 Å². The zero-order chi connectivity index (χ0) is 9.84. The number of hydrogen-bond donors (Lipinski definition) is 3. The molecule has 0 saturated heterocycles. The fraction of sp³-hybridized carbons (Fsp3) is 0.222. The third-order valence-corrected chi connectivity index (χ3v) is 1.65. The van der Waals surface area contributed by atoms with Gasteiger partial charge in [0.15, 0.2) is 0 Å². The van der Waals surface area contributed by atoms with E-state index < -0.39 is 12.0 Å². The zero-order valence-corrected chi connectivity index (χ0v) is 6.97. The van der Waals surface area contributed by atoms with Crippen LogP contribution in [0.25, 0.3) is 0 Å². The highest BCUT2D eigenvalue weighted by Gasteiger charge is 2.10. The quantitative estimate of drug-likeness (QED) is 0.627. The van der Waals surface area contributed by atoms with Crippen LogP contribution in [0, 0.1) is 0 Å². The maximum absolute atomic E-state index is 10.5. The van der Waals surface area contributed by atoms with Crippen molar-refractivity contribution in [2.45, 2.75) is 12.5 Å². The first-order chi connectivity index (χ1) is 6.09. The van der Waals surface area contributed by atoms with Gasteiger partial charge in [0.2, 0.25) is 5.91 Å². The molecule has 0 aromatic heterocycles. The maximum Gasteiger partial charge on any atom is 0.220 e. The van der Waals surface area contributed by atoms with Crippen molar-refractivity contribution in [3.05, 3.63) is 29.8 Å². The number of benzene rings is 1. The first-order valence-corrected chi connectivity index (χ1v) is 3.85. The lowest BCUT2D eigenvalue weighted by Crippen LogP contribution is -2.14. The van der Waals surface area contributed by atoms with E-state index in [1.54, 1.807) is 12.1 Å². The predicted octanol–water partition coefficient (Wildman–Crippen LogP) is 0.301. The standard InChI is InChI=1S/C9H11NO3/c10-9(13)5-8(12)6-2-1-3-7(11)4-6/h1-4,8,11-12H,5H2,(H2,10,13). The van der Waals surface area contributed by atoms with Crippen molar-refractivity contribution in [3.63, 3.8) is 0 Å². The molecular formula is C9H11NO3. The molecular weight excluding hydrogens is 170 g/mol. The van der Waals surface area contributed by atoms with E-state index in [1.165, 1.54) is 12.1 Å². The minimum Gasteiger partial charge on any atom is -0.508 e. The van der Waals surface area contributed by atoms with Gasteiger partial charge in [0.05, 0.1) is 12.5 Å². The number of phenols is 1. The topological polar surface area (TPSA) is 83.6 Å². The Morgan fingerprint density at radius 3 is 2.77 bits per heavy atom. The summed E-state index contributed by atoms with van der Waals surface area (Å²) in [6, 6.07) is 6.09. The second kappa shape index (κ2) is 3.91. The van der Waals surface area contributed by atoms with Crippen LogP contribution in [0.5, 0.6) is 5.75 Å². The summed E-state index contributed by atoms with van der Waals surface area (Å²) in [4.78, 5) is 10.5. The minimum absolute atomic E-state index is 0.0565. The lowest BCUT2D eigenvalue weighted by Gasteiger charge is -2.08. The zero-order valence-electron chi connectivity index (χ0n) is 6.97. The second-order valence-electron chi connectivity index (χ2n) is 2.78. The summed E-state index contributed by atoms with van der Waals surface area (Å²) in [6.07, 6.45) is -1.08. The van der Waals surface area contributed by atoms with Crippen LogP contribution < -0.4 is 5.73 Å². The van der Waals surface area contributed by atoms with E-state index in [1.807, 2.05) is 0 Å². The molecule has 0 heterocycles. The molecule has 13 heavy (non-hydrogen) atoms. The van der Waals surface area contributed by atoms with E-state index in [0.717, 1.165) is 0 Å². The van der Waals surface area contributed by atoms with Gasteiger partial charge in [-0.25, -0.2) is 0 Å². The van der Waals surface area contributed by atoms with Crippen LogP contribution >= 0.6 is 0 Å². The van der Waals surface area contributed by atoms with Crippen LogP contribution in [0.3, 0.4) is 0 Å². The molecule has 0 aliphatic heterocycles. The smallest absolute Gasteiger partial charge is 0.220 e. The van der Waals surface area contributed by atoms with Gasteiger partial charge in [0, 0.05) is 0 Å². The SMILES string of the molecule is NC(=O)CC(O)c1cccc(O)c1. The third-order valence-electron chi connectivity index (χ3n) is 1.65. The summed E-state index contributed by atoms with van der Waals surface area (Å²) in [7, 11) is 0. The van der Waals surface area contributed by atoms with Crippen LogP contribution in [-0.4, -0.2) is 16.1 Å². The Kier molecular flexibility index (Phi) is 2.87. The van der Waals surface area contributed by atoms with E-state index >= 15 is 0 Å². The van der Waals surface area contributed by atoms with Crippen molar-refractivity contribution in [2.24, 2.45) is 5.73 Å². The Bertz CT molecular complexity index is 311. The Labute approximate surface area is 75.6 Å². The molecule has 0 spiro atoms. The average Bonchev–Trinajstić information content (AvgIpc) is 2.03.